The van der Waals surface area contributed by atoms with Crippen molar-refractivity contribution in [3.63, 3.8) is 0 Å². The van der Waals surface area contributed by atoms with Crippen LogP contribution in [0.3, 0.4) is 0 Å². The molecule has 1 unspecified atom stereocenters. The fourth-order valence-corrected chi connectivity index (χ4v) is 6.95. The SMILES string of the molecule is CC(NC(=O)c1cc2c(s1)CCOC21CCNCC1)c1nc2c(s1)CCCC2.Cl. The Hall–Kier alpha value is -0.990. The van der Waals surface area contributed by atoms with Crippen LogP contribution in [0.5, 0.6) is 0 Å². The van der Waals surface area contributed by atoms with E-state index in [2.05, 4.69) is 16.7 Å². The van der Waals surface area contributed by atoms with Gasteiger partial charge in [0.25, 0.3) is 5.91 Å². The summed E-state index contributed by atoms with van der Waals surface area (Å²) < 4.78 is 6.25. The van der Waals surface area contributed by atoms with E-state index >= 15 is 0 Å². The molecule has 2 aliphatic heterocycles. The number of aromatic nitrogens is 1. The molecule has 3 aliphatic rings. The second-order valence-electron chi connectivity index (χ2n) is 8.11. The standard InChI is InChI=1S/C21H27N3O2S2.ClH/c1-13(20-24-15-4-2-3-5-17(15)28-20)23-19(25)18-12-14-16(27-18)6-11-26-21(14)7-9-22-10-8-21;/h12-13,22H,2-11H2,1H3,(H,23,25);1H. The first-order valence-electron chi connectivity index (χ1n) is 10.4. The van der Waals surface area contributed by atoms with Crippen LogP contribution < -0.4 is 10.6 Å². The van der Waals surface area contributed by atoms with E-state index < -0.39 is 0 Å². The zero-order chi connectivity index (χ0) is 19.1. The molecule has 2 N–H and O–H groups in total. The lowest BCUT2D eigenvalue weighted by atomic mass is 9.83. The van der Waals surface area contributed by atoms with E-state index in [4.69, 9.17) is 9.72 Å². The van der Waals surface area contributed by atoms with Crippen LogP contribution in [0, 0.1) is 0 Å². The lowest BCUT2D eigenvalue weighted by molar-refractivity contribution is -0.0792. The number of thiazole rings is 1. The summed E-state index contributed by atoms with van der Waals surface area (Å²) in [5.41, 5.74) is 2.32. The summed E-state index contributed by atoms with van der Waals surface area (Å²) in [6.45, 7) is 4.76. The maximum absolute atomic E-state index is 13.0. The number of thiophene rings is 1. The number of piperidine rings is 1. The van der Waals surface area contributed by atoms with Crippen molar-refractivity contribution in [2.24, 2.45) is 0 Å². The summed E-state index contributed by atoms with van der Waals surface area (Å²) in [5.74, 6) is 0.0177. The Kier molecular flexibility index (Phi) is 6.33. The van der Waals surface area contributed by atoms with Crippen molar-refractivity contribution in [2.75, 3.05) is 19.7 Å². The van der Waals surface area contributed by atoms with E-state index in [1.807, 2.05) is 6.92 Å². The van der Waals surface area contributed by atoms with Crippen molar-refractivity contribution in [2.45, 2.75) is 63.5 Å². The molecule has 0 bridgehead atoms. The van der Waals surface area contributed by atoms with Crippen LogP contribution in [0.25, 0.3) is 0 Å². The highest BCUT2D eigenvalue weighted by molar-refractivity contribution is 7.14. The molecule has 1 aliphatic carbocycles. The van der Waals surface area contributed by atoms with E-state index in [-0.39, 0.29) is 30.0 Å². The van der Waals surface area contributed by atoms with Gasteiger partial charge >= 0.3 is 0 Å². The molecule has 1 fully saturated rings. The number of carbonyl (C=O) groups excluding carboxylic acids is 1. The summed E-state index contributed by atoms with van der Waals surface area (Å²) in [4.78, 5) is 21.3. The van der Waals surface area contributed by atoms with Crippen LogP contribution in [0.4, 0.5) is 0 Å². The Labute approximate surface area is 186 Å². The molecule has 29 heavy (non-hydrogen) atoms. The minimum Gasteiger partial charge on any atom is -0.370 e. The minimum absolute atomic E-state index is 0. The summed E-state index contributed by atoms with van der Waals surface area (Å²) in [6, 6.07) is 2.05. The van der Waals surface area contributed by atoms with Crippen LogP contribution >= 0.6 is 35.1 Å². The smallest absolute Gasteiger partial charge is 0.261 e. The third-order valence-electron chi connectivity index (χ3n) is 6.22. The fraction of sp³-hybridized carbons (Fsp3) is 0.619. The molecule has 0 aromatic carbocycles. The molecular formula is C21H28ClN3O2S2. The van der Waals surface area contributed by atoms with Crippen LogP contribution in [-0.4, -0.2) is 30.6 Å². The fourth-order valence-electron chi connectivity index (χ4n) is 4.66. The van der Waals surface area contributed by atoms with Crippen LogP contribution in [-0.2, 0) is 29.6 Å². The number of nitrogens with zero attached hydrogens (tertiary/aromatic N) is 1. The van der Waals surface area contributed by atoms with E-state index in [0.29, 0.717) is 0 Å². The van der Waals surface area contributed by atoms with Gasteiger partial charge in [-0.25, -0.2) is 4.98 Å². The zero-order valence-electron chi connectivity index (χ0n) is 16.7. The minimum atomic E-state index is -0.187. The van der Waals surface area contributed by atoms with Crippen LogP contribution in [0.2, 0.25) is 0 Å². The Morgan fingerprint density at radius 3 is 2.79 bits per heavy atom. The monoisotopic (exact) mass is 453 g/mol. The average Bonchev–Trinajstić information content (AvgIpc) is 3.34. The lowest BCUT2D eigenvalue weighted by Gasteiger charge is -2.40. The van der Waals surface area contributed by atoms with Crippen molar-refractivity contribution >= 4 is 41.0 Å². The highest BCUT2D eigenvalue weighted by Gasteiger charge is 2.40. The maximum atomic E-state index is 13.0. The van der Waals surface area contributed by atoms with Crippen LogP contribution in [0.15, 0.2) is 6.07 Å². The molecule has 1 spiro atoms. The van der Waals surface area contributed by atoms with Crippen molar-refractivity contribution in [3.8, 4) is 0 Å². The van der Waals surface area contributed by atoms with Gasteiger partial charge in [0.2, 0.25) is 0 Å². The highest BCUT2D eigenvalue weighted by Crippen LogP contribution is 2.43. The van der Waals surface area contributed by atoms with Gasteiger partial charge < -0.3 is 15.4 Å². The summed E-state index contributed by atoms with van der Waals surface area (Å²) in [5, 5.41) is 7.65. The number of fused-ring (bicyclic) bond motifs is 3. The van der Waals surface area contributed by atoms with Crippen molar-refractivity contribution in [1.82, 2.24) is 15.6 Å². The van der Waals surface area contributed by atoms with Gasteiger partial charge in [-0.05, 0) is 70.2 Å². The summed E-state index contributed by atoms with van der Waals surface area (Å²) in [7, 11) is 0. The molecule has 1 atom stereocenters. The number of carbonyl (C=O) groups is 1. The third kappa shape index (κ3) is 4.00. The highest BCUT2D eigenvalue weighted by atomic mass is 35.5. The largest absolute Gasteiger partial charge is 0.370 e. The number of halogens is 1. The molecule has 1 saturated heterocycles. The molecule has 0 saturated carbocycles. The molecule has 158 valence electrons. The Morgan fingerprint density at radius 2 is 2.00 bits per heavy atom. The Bertz CT molecular complexity index is 865. The lowest BCUT2D eigenvalue weighted by Crippen LogP contribution is -2.44. The van der Waals surface area contributed by atoms with Gasteiger partial charge in [0.05, 0.1) is 28.8 Å². The molecular weight excluding hydrogens is 426 g/mol. The van der Waals surface area contributed by atoms with E-state index in [0.717, 1.165) is 61.7 Å². The van der Waals surface area contributed by atoms with Gasteiger partial charge in [0.15, 0.2) is 0 Å². The van der Waals surface area contributed by atoms with E-state index in [1.165, 1.54) is 33.9 Å². The predicted molar refractivity (Wildman–Crippen MR) is 120 cm³/mol. The topological polar surface area (TPSA) is 63.2 Å². The first-order chi connectivity index (χ1) is 13.6. The van der Waals surface area contributed by atoms with Gasteiger partial charge in [-0.1, -0.05) is 0 Å². The molecule has 2 aromatic heterocycles. The van der Waals surface area contributed by atoms with Gasteiger partial charge in [0.1, 0.15) is 5.01 Å². The molecule has 4 heterocycles. The summed E-state index contributed by atoms with van der Waals surface area (Å²) >= 11 is 3.42. The van der Waals surface area contributed by atoms with Gasteiger partial charge in [-0.15, -0.1) is 35.1 Å². The number of hydrogen-bond acceptors (Lipinski definition) is 6. The van der Waals surface area contributed by atoms with E-state index in [9.17, 15) is 4.79 Å². The van der Waals surface area contributed by atoms with E-state index in [1.54, 1.807) is 22.7 Å². The molecule has 2 aromatic rings. The number of ether oxygens (including phenoxy) is 1. The maximum Gasteiger partial charge on any atom is 0.261 e. The second kappa shape index (κ2) is 8.63. The molecule has 5 nitrogen and oxygen atoms in total. The van der Waals surface area contributed by atoms with Gasteiger partial charge in [0, 0.05) is 16.2 Å². The Balaban J connectivity index is 0.00000205. The first-order valence-corrected chi connectivity index (χ1v) is 12.1. The number of hydrogen-bond donors (Lipinski definition) is 2. The van der Waals surface area contributed by atoms with Crippen molar-refractivity contribution in [3.05, 3.63) is 37.0 Å². The number of nitrogens with one attached hydrogen (secondary N) is 2. The number of amides is 1. The predicted octanol–water partition coefficient (Wildman–Crippen LogP) is 4.15. The molecule has 0 radical (unpaired) electrons. The third-order valence-corrected chi connectivity index (χ3v) is 8.76. The first kappa shape index (κ1) is 21.2. The Morgan fingerprint density at radius 1 is 1.21 bits per heavy atom. The van der Waals surface area contributed by atoms with Gasteiger partial charge in [-0.3, -0.25) is 4.79 Å². The van der Waals surface area contributed by atoms with Crippen molar-refractivity contribution < 1.29 is 9.53 Å². The number of rotatable bonds is 3. The number of aryl methyl sites for hydroxylation is 2. The molecule has 8 heteroatoms. The second-order valence-corrected chi connectivity index (χ2v) is 10.4. The quantitative estimate of drug-likeness (QED) is 0.732. The molecule has 5 rings (SSSR count). The average molecular weight is 454 g/mol. The van der Waals surface area contributed by atoms with Gasteiger partial charge in [-0.2, -0.15) is 0 Å². The zero-order valence-corrected chi connectivity index (χ0v) is 19.2. The van der Waals surface area contributed by atoms with Crippen molar-refractivity contribution in [1.29, 1.82) is 0 Å². The van der Waals surface area contributed by atoms with Crippen LogP contribution in [0.1, 0.15) is 74.3 Å². The summed E-state index contributed by atoms with van der Waals surface area (Å²) in [6.07, 6.45) is 7.60. The molecule has 1 amide bonds. The normalized spacial score (nSPS) is 21.0.